The van der Waals surface area contributed by atoms with Crippen LogP contribution in [0.15, 0.2) is 42.5 Å². The third-order valence-electron chi connectivity index (χ3n) is 3.69. The van der Waals surface area contributed by atoms with Gasteiger partial charge in [-0.1, -0.05) is 30.3 Å². The number of carbonyl (C=O) groups is 1. The molecule has 0 atom stereocenters. The van der Waals surface area contributed by atoms with E-state index in [0.717, 1.165) is 11.8 Å². The fraction of sp³-hybridized carbons (Fsp3) is 0.0556. The number of carbonyl (C=O) groups excluding carboxylic acids is 1. The van der Waals surface area contributed by atoms with Gasteiger partial charge < -0.3 is 4.84 Å². The SMILES string of the molecule is COn1c(-c2ccccc2)c(C=O)c2cc(C#N)c(C#N)cc21. The highest BCUT2D eigenvalue weighted by Gasteiger charge is 2.21. The third kappa shape index (κ3) is 2.12. The average Bonchev–Trinajstić information content (AvgIpc) is 2.93. The first-order valence-electron chi connectivity index (χ1n) is 6.83. The van der Waals surface area contributed by atoms with E-state index in [9.17, 15) is 15.3 Å². The van der Waals surface area contributed by atoms with Crippen molar-refractivity contribution in [3.63, 3.8) is 0 Å². The molecule has 0 N–H and O–H groups in total. The topological polar surface area (TPSA) is 78.8 Å². The molecular weight excluding hydrogens is 290 g/mol. The lowest BCUT2D eigenvalue weighted by Gasteiger charge is -2.09. The van der Waals surface area contributed by atoms with Crippen LogP contribution in [-0.2, 0) is 0 Å². The highest BCUT2D eigenvalue weighted by Crippen LogP contribution is 2.33. The maximum absolute atomic E-state index is 11.7. The molecule has 5 heteroatoms. The Kier molecular flexibility index (Phi) is 3.54. The summed E-state index contributed by atoms with van der Waals surface area (Å²) in [6, 6.07) is 16.5. The van der Waals surface area contributed by atoms with E-state index in [0.29, 0.717) is 22.2 Å². The van der Waals surface area contributed by atoms with Crippen LogP contribution in [0.2, 0.25) is 0 Å². The summed E-state index contributed by atoms with van der Waals surface area (Å²) in [6.07, 6.45) is 0.743. The van der Waals surface area contributed by atoms with Crippen molar-refractivity contribution in [2.75, 3.05) is 7.11 Å². The summed E-state index contributed by atoms with van der Waals surface area (Å²) >= 11 is 0. The number of rotatable bonds is 3. The average molecular weight is 301 g/mol. The second kappa shape index (κ2) is 5.67. The van der Waals surface area contributed by atoms with Crippen LogP contribution in [-0.4, -0.2) is 18.1 Å². The van der Waals surface area contributed by atoms with Crippen LogP contribution in [0.1, 0.15) is 21.5 Å². The van der Waals surface area contributed by atoms with E-state index >= 15 is 0 Å². The molecule has 0 spiro atoms. The quantitative estimate of drug-likeness (QED) is 0.697. The molecule has 23 heavy (non-hydrogen) atoms. The molecular formula is C18H11N3O2. The minimum Gasteiger partial charge on any atom is -0.416 e. The molecule has 2 aromatic carbocycles. The summed E-state index contributed by atoms with van der Waals surface area (Å²) < 4.78 is 1.51. The monoisotopic (exact) mass is 301 g/mol. The van der Waals surface area contributed by atoms with Gasteiger partial charge in [0.15, 0.2) is 6.29 Å². The number of aldehydes is 1. The number of aromatic nitrogens is 1. The zero-order chi connectivity index (χ0) is 16.4. The highest BCUT2D eigenvalue weighted by atomic mass is 16.6. The Morgan fingerprint density at radius 1 is 1.09 bits per heavy atom. The zero-order valence-electron chi connectivity index (χ0n) is 12.3. The van der Waals surface area contributed by atoms with Gasteiger partial charge in [-0.05, 0) is 12.1 Å². The van der Waals surface area contributed by atoms with E-state index in [-0.39, 0.29) is 11.1 Å². The van der Waals surface area contributed by atoms with Crippen LogP contribution in [0.3, 0.4) is 0 Å². The van der Waals surface area contributed by atoms with Gasteiger partial charge in [-0.15, -0.1) is 0 Å². The number of hydrogen-bond donors (Lipinski definition) is 0. The Morgan fingerprint density at radius 2 is 1.74 bits per heavy atom. The molecule has 5 nitrogen and oxygen atoms in total. The largest absolute Gasteiger partial charge is 0.416 e. The van der Waals surface area contributed by atoms with Crippen molar-refractivity contribution < 1.29 is 9.63 Å². The molecule has 1 heterocycles. The maximum Gasteiger partial charge on any atom is 0.152 e. The molecule has 1 aromatic heterocycles. The van der Waals surface area contributed by atoms with Gasteiger partial charge in [0.2, 0.25) is 0 Å². The van der Waals surface area contributed by atoms with E-state index in [2.05, 4.69) is 0 Å². The second-order valence-corrected chi connectivity index (χ2v) is 4.86. The summed E-state index contributed by atoms with van der Waals surface area (Å²) in [6.45, 7) is 0. The van der Waals surface area contributed by atoms with Crippen molar-refractivity contribution in [2.24, 2.45) is 0 Å². The molecule has 0 unspecified atom stereocenters. The van der Waals surface area contributed by atoms with E-state index in [1.807, 2.05) is 42.5 Å². The molecule has 0 saturated heterocycles. The Hall–Kier alpha value is -3.57. The van der Waals surface area contributed by atoms with Crippen molar-refractivity contribution >= 4 is 17.2 Å². The number of hydrogen-bond acceptors (Lipinski definition) is 4. The fourth-order valence-electron chi connectivity index (χ4n) is 2.69. The molecule has 110 valence electrons. The van der Waals surface area contributed by atoms with Gasteiger partial charge in [0, 0.05) is 10.9 Å². The van der Waals surface area contributed by atoms with Crippen molar-refractivity contribution in [1.82, 2.24) is 4.73 Å². The summed E-state index contributed by atoms with van der Waals surface area (Å²) in [5, 5.41) is 19.0. The first-order chi connectivity index (χ1) is 11.2. The zero-order valence-corrected chi connectivity index (χ0v) is 12.3. The molecule has 0 aliphatic heterocycles. The van der Waals surface area contributed by atoms with Crippen LogP contribution in [0.25, 0.3) is 22.2 Å². The third-order valence-corrected chi connectivity index (χ3v) is 3.69. The summed E-state index contributed by atoms with van der Waals surface area (Å²) in [4.78, 5) is 17.1. The van der Waals surface area contributed by atoms with Crippen LogP contribution in [0.5, 0.6) is 0 Å². The smallest absolute Gasteiger partial charge is 0.152 e. The Morgan fingerprint density at radius 3 is 2.30 bits per heavy atom. The van der Waals surface area contributed by atoms with Crippen molar-refractivity contribution in [3.8, 4) is 23.4 Å². The predicted octanol–water partition coefficient (Wildman–Crippen LogP) is 2.92. The Bertz CT molecular complexity index is 989. The molecule has 0 saturated carbocycles. The van der Waals surface area contributed by atoms with E-state index in [4.69, 9.17) is 4.84 Å². The van der Waals surface area contributed by atoms with Crippen LogP contribution >= 0.6 is 0 Å². The molecule has 0 radical (unpaired) electrons. The van der Waals surface area contributed by atoms with Gasteiger partial charge in [-0.3, -0.25) is 4.79 Å². The molecule has 0 aliphatic rings. The van der Waals surface area contributed by atoms with Crippen molar-refractivity contribution in [1.29, 1.82) is 10.5 Å². The molecule has 0 amide bonds. The predicted molar refractivity (Wildman–Crippen MR) is 84.7 cm³/mol. The maximum atomic E-state index is 11.7. The lowest BCUT2D eigenvalue weighted by Crippen LogP contribution is -2.07. The molecule has 3 aromatic rings. The standard InChI is InChI=1S/C18H11N3O2/c1-23-21-17-8-14(10-20)13(9-19)7-15(17)16(11-22)18(21)12-5-3-2-4-6-12/h2-8,11H,1H3. The van der Waals surface area contributed by atoms with Crippen molar-refractivity contribution in [2.45, 2.75) is 0 Å². The summed E-state index contributed by atoms with van der Waals surface area (Å²) in [5.41, 5.74) is 2.88. The van der Waals surface area contributed by atoms with E-state index in [1.165, 1.54) is 11.8 Å². The minimum absolute atomic E-state index is 0.232. The molecule has 0 fully saturated rings. The van der Waals surface area contributed by atoms with E-state index in [1.54, 1.807) is 12.1 Å². The molecule has 0 aliphatic carbocycles. The molecule has 0 bridgehead atoms. The van der Waals surface area contributed by atoms with Gasteiger partial charge in [0.25, 0.3) is 0 Å². The van der Waals surface area contributed by atoms with Crippen LogP contribution in [0.4, 0.5) is 0 Å². The number of nitrogens with zero attached hydrogens (tertiary/aromatic N) is 3. The lowest BCUT2D eigenvalue weighted by atomic mass is 10.0. The van der Waals surface area contributed by atoms with Gasteiger partial charge in [-0.25, -0.2) is 0 Å². The highest BCUT2D eigenvalue weighted by molar-refractivity contribution is 6.05. The van der Waals surface area contributed by atoms with Gasteiger partial charge >= 0.3 is 0 Å². The lowest BCUT2D eigenvalue weighted by molar-refractivity contribution is 0.112. The summed E-state index contributed by atoms with van der Waals surface area (Å²) in [7, 11) is 1.49. The van der Waals surface area contributed by atoms with Crippen LogP contribution < -0.4 is 4.84 Å². The van der Waals surface area contributed by atoms with Crippen LogP contribution in [0, 0.1) is 22.7 Å². The Balaban J connectivity index is 2.49. The number of benzene rings is 2. The molecule has 3 rings (SSSR count). The van der Waals surface area contributed by atoms with Gasteiger partial charge in [0.05, 0.1) is 27.9 Å². The van der Waals surface area contributed by atoms with Crippen molar-refractivity contribution in [3.05, 3.63) is 59.2 Å². The Labute approximate surface area is 132 Å². The fourth-order valence-corrected chi connectivity index (χ4v) is 2.69. The second-order valence-electron chi connectivity index (χ2n) is 4.86. The minimum atomic E-state index is 0.232. The first kappa shape index (κ1) is 14.4. The summed E-state index contributed by atoms with van der Waals surface area (Å²) in [5.74, 6) is 0. The number of fused-ring (bicyclic) bond motifs is 1. The number of nitriles is 2. The van der Waals surface area contributed by atoms with E-state index < -0.39 is 0 Å². The van der Waals surface area contributed by atoms with Gasteiger partial charge in [-0.2, -0.15) is 15.3 Å². The van der Waals surface area contributed by atoms with Gasteiger partial charge in [0.1, 0.15) is 19.2 Å². The first-order valence-corrected chi connectivity index (χ1v) is 6.83. The normalized spacial score (nSPS) is 10.0.